The summed E-state index contributed by atoms with van der Waals surface area (Å²) in [6, 6.07) is 66.6. The zero-order chi connectivity index (χ0) is 36.3. The minimum Gasteiger partial charge on any atom is -0.208 e. The Hall–Kier alpha value is -7.01. The molecule has 0 spiro atoms. The number of nitrogens with zero attached hydrogens (tertiary/aromatic N) is 3. The number of hydrogen-bond acceptors (Lipinski definition) is 4. The SMILES string of the molecule is c1ccc(-c2ccc(-c3nc(-c4ccccc4-c4ccccc4)nc(-c4cc5c6ccccc6c6ccccc6c5c5sc6ccccc6c45)n3)cc2)cc1. The molecule has 3 nitrogen and oxygen atoms in total. The van der Waals surface area contributed by atoms with Crippen LogP contribution in [0.1, 0.15) is 0 Å². The molecule has 0 aliphatic carbocycles. The lowest BCUT2D eigenvalue weighted by Crippen LogP contribution is -2.01. The largest absolute Gasteiger partial charge is 0.208 e. The van der Waals surface area contributed by atoms with Crippen molar-refractivity contribution >= 4 is 63.8 Å². The first kappa shape index (κ1) is 31.5. The van der Waals surface area contributed by atoms with Gasteiger partial charge in [0.1, 0.15) is 0 Å². The third-order valence-electron chi connectivity index (χ3n) is 10.7. The summed E-state index contributed by atoms with van der Waals surface area (Å²) >= 11 is 1.85. The maximum Gasteiger partial charge on any atom is 0.164 e. The van der Waals surface area contributed by atoms with Gasteiger partial charge in [-0.05, 0) is 61.3 Å². The molecular weight excluding hydrogens is 687 g/mol. The van der Waals surface area contributed by atoms with E-state index in [2.05, 4.69) is 176 Å². The lowest BCUT2D eigenvalue weighted by Gasteiger charge is -2.15. The molecule has 256 valence electrons. The van der Waals surface area contributed by atoms with Gasteiger partial charge in [-0.1, -0.05) is 176 Å². The maximum atomic E-state index is 5.42. The van der Waals surface area contributed by atoms with Crippen LogP contribution in [0.2, 0.25) is 0 Å². The minimum absolute atomic E-state index is 0.638. The van der Waals surface area contributed by atoms with E-state index in [1.54, 1.807) is 0 Å². The summed E-state index contributed by atoms with van der Waals surface area (Å²) in [6.45, 7) is 0. The van der Waals surface area contributed by atoms with Crippen LogP contribution in [0.5, 0.6) is 0 Å². The standard InChI is InChI=1S/C51H31N3S/c1-3-15-32(16-4-1)33-27-29-35(30-28-33)49-52-50(41-24-12-7-19-36(41)34-17-5-2-6-18-34)54-51(53-49)44-31-43-39-22-9-8-20-37(39)38-21-10-11-23-40(38)46(43)48-47(44)42-25-13-14-26-45(42)55-48/h1-31H. The molecule has 0 radical (unpaired) electrons. The maximum absolute atomic E-state index is 5.42. The van der Waals surface area contributed by atoms with Crippen LogP contribution >= 0.6 is 11.3 Å². The van der Waals surface area contributed by atoms with Gasteiger partial charge in [0.25, 0.3) is 0 Å². The Morgan fingerprint density at radius 2 is 0.764 bits per heavy atom. The highest BCUT2D eigenvalue weighted by atomic mass is 32.1. The number of fused-ring (bicyclic) bond motifs is 10. The van der Waals surface area contributed by atoms with Crippen LogP contribution in [-0.2, 0) is 0 Å². The van der Waals surface area contributed by atoms with Crippen molar-refractivity contribution in [1.82, 2.24) is 15.0 Å². The minimum atomic E-state index is 0.638. The van der Waals surface area contributed by atoms with Crippen molar-refractivity contribution in [2.45, 2.75) is 0 Å². The number of thiophene rings is 1. The molecule has 0 N–H and O–H groups in total. The van der Waals surface area contributed by atoms with E-state index in [4.69, 9.17) is 15.0 Å². The Balaban J connectivity index is 1.24. The second-order valence-corrected chi connectivity index (χ2v) is 15.0. The second kappa shape index (κ2) is 12.8. The Bertz CT molecular complexity index is 3240. The average Bonchev–Trinajstić information content (AvgIpc) is 3.66. The van der Waals surface area contributed by atoms with Gasteiger partial charge in [0, 0.05) is 42.2 Å². The molecule has 9 aromatic carbocycles. The highest BCUT2D eigenvalue weighted by Crippen LogP contribution is 2.48. The molecule has 2 heterocycles. The lowest BCUT2D eigenvalue weighted by molar-refractivity contribution is 1.08. The smallest absolute Gasteiger partial charge is 0.164 e. The topological polar surface area (TPSA) is 38.7 Å². The summed E-state index contributed by atoms with van der Waals surface area (Å²) in [5.41, 5.74) is 7.41. The van der Waals surface area contributed by atoms with Gasteiger partial charge in [-0.2, -0.15) is 0 Å². The Morgan fingerprint density at radius 3 is 1.47 bits per heavy atom. The molecule has 0 bridgehead atoms. The van der Waals surface area contributed by atoms with Crippen LogP contribution in [0.25, 0.3) is 109 Å². The van der Waals surface area contributed by atoms with E-state index in [9.17, 15) is 0 Å². The normalized spacial score (nSPS) is 11.6. The third kappa shape index (κ3) is 5.22. The summed E-state index contributed by atoms with van der Waals surface area (Å²) < 4.78 is 2.49. The van der Waals surface area contributed by atoms with Crippen LogP contribution in [0.3, 0.4) is 0 Å². The summed E-state index contributed by atoms with van der Waals surface area (Å²) in [5.74, 6) is 1.93. The molecule has 0 fully saturated rings. The molecule has 0 amide bonds. The van der Waals surface area contributed by atoms with Crippen molar-refractivity contribution in [2.75, 3.05) is 0 Å². The van der Waals surface area contributed by atoms with Gasteiger partial charge < -0.3 is 0 Å². The highest BCUT2D eigenvalue weighted by molar-refractivity contribution is 7.27. The first-order valence-electron chi connectivity index (χ1n) is 18.5. The van der Waals surface area contributed by atoms with Crippen molar-refractivity contribution in [1.29, 1.82) is 0 Å². The summed E-state index contributed by atoms with van der Waals surface area (Å²) in [4.78, 5) is 16.0. The fourth-order valence-corrected chi connectivity index (χ4v) is 9.47. The van der Waals surface area contributed by atoms with Gasteiger partial charge in [-0.3, -0.25) is 0 Å². The van der Waals surface area contributed by atoms with E-state index < -0.39 is 0 Å². The zero-order valence-electron chi connectivity index (χ0n) is 29.6. The van der Waals surface area contributed by atoms with Gasteiger partial charge >= 0.3 is 0 Å². The first-order chi connectivity index (χ1) is 27.3. The molecule has 55 heavy (non-hydrogen) atoms. The molecule has 2 aromatic heterocycles. The Morgan fingerprint density at radius 1 is 0.291 bits per heavy atom. The first-order valence-corrected chi connectivity index (χ1v) is 19.3. The average molecular weight is 718 g/mol. The Kier molecular flexibility index (Phi) is 7.35. The second-order valence-electron chi connectivity index (χ2n) is 13.9. The molecule has 11 aromatic rings. The van der Waals surface area contributed by atoms with Gasteiger partial charge in [-0.15, -0.1) is 11.3 Å². The van der Waals surface area contributed by atoms with E-state index in [-0.39, 0.29) is 0 Å². The fourth-order valence-electron chi connectivity index (χ4n) is 8.18. The molecule has 11 rings (SSSR count). The number of rotatable bonds is 5. The predicted molar refractivity (Wildman–Crippen MR) is 232 cm³/mol. The quantitative estimate of drug-likeness (QED) is 0.166. The number of benzene rings is 9. The van der Waals surface area contributed by atoms with Crippen molar-refractivity contribution < 1.29 is 0 Å². The van der Waals surface area contributed by atoms with Crippen LogP contribution in [0.4, 0.5) is 0 Å². The number of hydrogen-bond donors (Lipinski definition) is 0. The van der Waals surface area contributed by atoms with Crippen LogP contribution < -0.4 is 0 Å². The van der Waals surface area contributed by atoms with E-state index in [0.717, 1.165) is 33.4 Å². The Labute approximate surface area is 321 Å². The van der Waals surface area contributed by atoms with Crippen molar-refractivity contribution in [2.24, 2.45) is 0 Å². The van der Waals surface area contributed by atoms with Gasteiger partial charge in [-0.25, -0.2) is 15.0 Å². The highest BCUT2D eigenvalue weighted by Gasteiger charge is 2.22. The van der Waals surface area contributed by atoms with Crippen molar-refractivity contribution in [3.8, 4) is 56.4 Å². The van der Waals surface area contributed by atoms with Crippen molar-refractivity contribution in [3.05, 3.63) is 188 Å². The van der Waals surface area contributed by atoms with Gasteiger partial charge in [0.15, 0.2) is 17.5 Å². The molecule has 0 saturated heterocycles. The van der Waals surface area contributed by atoms with Crippen molar-refractivity contribution in [3.63, 3.8) is 0 Å². The molecule has 0 unspecified atom stereocenters. The van der Waals surface area contributed by atoms with Crippen LogP contribution in [0, 0.1) is 0 Å². The lowest BCUT2D eigenvalue weighted by atomic mass is 9.91. The number of aromatic nitrogens is 3. The van der Waals surface area contributed by atoms with Gasteiger partial charge in [0.2, 0.25) is 0 Å². The summed E-state index contributed by atoms with van der Waals surface area (Å²) in [6.07, 6.45) is 0. The van der Waals surface area contributed by atoms with Crippen LogP contribution in [0.15, 0.2) is 188 Å². The van der Waals surface area contributed by atoms with E-state index in [0.29, 0.717) is 17.5 Å². The molecule has 0 aliphatic rings. The van der Waals surface area contributed by atoms with Gasteiger partial charge in [0.05, 0.1) is 0 Å². The van der Waals surface area contributed by atoms with E-state index in [1.165, 1.54) is 58.1 Å². The summed E-state index contributed by atoms with van der Waals surface area (Å²) in [7, 11) is 0. The molecule has 0 aliphatic heterocycles. The molecular formula is C51H31N3S. The fraction of sp³-hybridized carbons (Fsp3) is 0. The molecule has 0 atom stereocenters. The monoisotopic (exact) mass is 717 g/mol. The predicted octanol–water partition coefficient (Wildman–Crippen LogP) is 14.0. The molecule has 0 saturated carbocycles. The van der Waals surface area contributed by atoms with E-state index in [1.807, 2.05) is 23.5 Å². The van der Waals surface area contributed by atoms with E-state index >= 15 is 0 Å². The third-order valence-corrected chi connectivity index (χ3v) is 11.9. The van der Waals surface area contributed by atoms with Crippen LogP contribution in [-0.4, -0.2) is 15.0 Å². The summed E-state index contributed by atoms with van der Waals surface area (Å²) in [5, 5.41) is 9.83. The zero-order valence-corrected chi connectivity index (χ0v) is 30.5. The molecule has 4 heteroatoms.